The van der Waals surface area contributed by atoms with E-state index in [1.165, 1.54) is 0 Å². The van der Waals surface area contributed by atoms with Gasteiger partial charge in [-0.15, -0.1) is 0 Å². The Kier molecular flexibility index (Phi) is 3.82. The highest BCUT2D eigenvalue weighted by Gasteiger charge is 2.21. The summed E-state index contributed by atoms with van der Waals surface area (Å²) in [5.74, 6) is 0.889. The molecule has 0 aromatic heterocycles. The minimum atomic E-state index is -0.0617. The molecule has 0 N–H and O–H groups in total. The van der Waals surface area contributed by atoms with Crippen LogP contribution >= 0.6 is 11.6 Å². The highest BCUT2D eigenvalue weighted by Crippen LogP contribution is 2.25. The Morgan fingerprint density at radius 2 is 1.64 bits per heavy atom. The minimum Gasteiger partial charge on any atom is -0.488 e. The van der Waals surface area contributed by atoms with Gasteiger partial charge in [0, 0.05) is 5.02 Å². The molecule has 0 saturated carbocycles. The van der Waals surface area contributed by atoms with Crippen LogP contribution in [0.1, 0.15) is 33.6 Å². The maximum absolute atomic E-state index is 5.90. The van der Waals surface area contributed by atoms with Crippen molar-refractivity contribution in [1.82, 2.24) is 0 Å². The van der Waals surface area contributed by atoms with Crippen molar-refractivity contribution < 1.29 is 4.74 Å². The van der Waals surface area contributed by atoms with E-state index in [9.17, 15) is 0 Å². The zero-order valence-electron chi connectivity index (χ0n) is 9.01. The molecule has 1 nitrogen and oxygen atoms in total. The van der Waals surface area contributed by atoms with Gasteiger partial charge in [-0.1, -0.05) is 25.4 Å². The lowest BCUT2D eigenvalue weighted by molar-refractivity contribution is 0.0803. The van der Waals surface area contributed by atoms with Crippen molar-refractivity contribution >= 4 is 11.6 Å². The molecule has 78 valence electrons. The zero-order chi connectivity index (χ0) is 10.6. The predicted molar refractivity (Wildman–Crippen MR) is 61.1 cm³/mol. The number of hydrogen-bond acceptors (Lipinski definition) is 1. The lowest BCUT2D eigenvalue weighted by Gasteiger charge is -2.28. The summed E-state index contributed by atoms with van der Waals surface area (Å²) in [4.78, 5) is 0. The standard InChI is InChI=1S/C12H17ClO/c1-4-12(3,5-2)14-11-8-6-10(13)7-9-11/h6-9H,4-5H2,1-3H3. The van der Waals surface area contributed by atoms with Crippen LogP contribution in [0.15, 0.2) is 24.3 Å². The second kappa shape index (κ2) is 4.70. The molecular formula is C12H17ClO. The second-order valence-corrected chi connectivity index (χ2v) is 4.15. The van der Waals surface area contributed by atoms with E-state index in [2.05, 4.69) is 20.8 Å². The molecule has 0 fully saturated rings. The molecule has 0 aliphatic rings. The van der Waals surface area contributed by atoms with E-state index < -0.39 is 0 Å². The van der Waals surface area contributed by atoms with Crippen LogP contribution in [0.5, 0.6) is 5.75 Å². The third kappa shape index (κ3) is 2.91. The molecule has 2 heteroatoms. The molecule has 0 radical (unpaired) electrons. The van der Waals surface area contributed by atoms with Crippen molar-refractivity contribution in [1.29, 1.82) is 0 Å². The Balaban J connectivity index is 2.72. The molecular weight excluding hydrogens is 196 g/mol. The SMILES string of the molecule is CCC(C)(CC)Oc1ccc(Cl)cc1. The van der Waals surface area contributed by atoms with Crippen molar-refractivity contribution in [2.45, 2.75) is 39.2 Å². The first-order chi connectivity index (χ1) is 6.59. The van der Waals surface area contributed by atoms with E-state index in [1.54, 1.807) is 0 Å². The van der Waals surface area contributed by atoms with Gasteiger partial charge >= 0.3 is 0 Å². The van der Waals surface area contributed by atoms with E-state index in [-0.39, 0.29) is 5.60 Å². The van der Waals surface area contributed by atoms with Gasteiger partial charge < -0.3 is 4.74 Å². The van der Waals surface area contributed by atoms with Crippen LogP contribution in [-0.4, -0.2) is 5.60 Å². The predicted octanol–water partition coefficient (Wildman–Crippen LogP) is 4.30. The maximum Gasteiger partial charge on any atom is 0.120 e. The first-order valence-electron chi connectivity index (χ1n) is 5.04. The highest BCUT2D eigenvalue weighted by molar-refractivity contribution is 6.30. The van der Waals surface area contributed by atoms with Crippen LogP contribution < -0.4 is 4.74 Å². The summed E-state index contributed by atoms with van der Waals surface area (Å²) in [6.07, 6.45) is 2.01. The first-order valence-corrected chi connectivity index (χ1v) is 5.42. The van der Waals surface area contributed by atoms with Gasteiger partial charge in [0.2, 0.25) is 0 Å². The van der Waals surface area contributed by atoms with Gasteiger partial charge in [-0.3, -0.25) is 0 Å². The van der Waals surface area contributed by atoms with Crippen LogP contribution in [0.2, 0.25) is 5.02 Å². The number of hydrogen-bond donors (Lipinski definition) is 0. The lowest BCUT2D eigenvalue weighted by Crippen LogP contribution is -2.30. The van der Waals surface area contributed by atoms with Crippen molar-refractivity contribution in [3.8, 4) is 5.75 Å². The van der Waals surface area contributed by atoms with E-state index in [0.717, 1.165) is 23.6 Å². The summed E-state index contributed by atoms with van der Waals surface area (Å²) >= 11 is 5.80. The Labute approximate surface area is 91.0 Å². The largest absolute Gasteiger partial charge is 0.488 e. The number of rotatable bonds is 4. The molecule has 0 amide bonds. The van der Waals surface area contributed by atoms with Crippen molar-refractivity contribution in [2.75, 3.05) is 0 Å². The van der Waals surface area contributed by atoms with Crippen LogP contribution in [0.4, 0.5) is 0 Å². The van der Waals surface area contributed by atoms with E-state index in [4.69, 9.17) is 16.3 Å². The molecule has 0 heterocycles. The minimum absolute atomic E-state index is 0.0617. The summed E-state index contributed by atoms with van der Waals surface area (Å²) < 4.78 is 5.90. The molecule has 1 rings (SSSR count). The third-order valence-electron chi connectivity index (χ3n) is 2.67. The maximum atomic E-state index is 5.90. The third-order valence-corrected chi connectivity index (χ3v) is 2.93. The Morgan fingerprint density at radius 1 is 1.14 bits per heavy atom. The smallest absolute Gasteiger partial charge is 0.120 e. The normalized spacial score (nSPS) is 11.4. The summed E-state index contributed by atoms with van der Waals surface area (Å²) in [7, 11) is 0. The van der Waals surface area contributed by atoms with Crippen molar-refractivity contribution in [3.63, 3.8) is 0 Å². The average Bonchev–Trinajstić information content (AvgIpc) is 2.21. The van der Waals surface area contributed by atoms with Gasteiger partial charge in [0.25, 0.3) is 0 Å². The van der Waals surface area contributed by atoms with Gasteiger partial charge in [-0.05, 0) is 44.0 Å². The molecule has 0 aliphatic heterocycles. The summed E-state index contributed by atoms with van der Waals surface area (Å²) in [6.45, 7) is 6.40. The quantitative estimate of drug-likeness (QED) is 0.723. The molecule has 0 saturated heterocycles. The molecule has 1 aromatic rings. The Bertz CT molecular complexity index is 275. The number of ether oxygens (including phenoxy) is 1. The molecule has 14 heavy (non-hydrogen) atoms. The number of halogens is 1. The van der Waals surface area contributed by atoms with E-state index in [0.29, 0.717) is 0 Å². The fraction of sp³-hybridized carbons (Fsp3) is 0.500. The monoisotopic (exact) mass is 212 g/mol. The summed E-state index contributed by atoms with van der Waals surface area (Å²) in [5, 5.41) is 0.743. The van der Waals surface area contributed by atoms with Crippen molar-refractivity contribution in [2.24, 2.45) is 0 Å². The lowest BCUT2D eigenvalue weighted by atomic mass is 10.00. The van der Waals surface area contributed by atoms with E-state index >= 15 is 0 Å². The topological polar surface area (TPSA) is 9.23 Å². The van der Waals surface area contributed by atoms with Crippen molar-refractivity contribution in [3.05, 3.63) is 29.3 Å². The fourth-order valence-corrected chi connectivity index (χ4v) is 1.31. The highest BCUT2D eigenvalue weighted by atomic mass is 35.5. The zero-order valence-corrected chi connectivity index (χ0v) is 9.77. The van der Waals surface area contributed by atoms with Gasteiger partial charge in [0.1, 0.15) is 11.4 Å². The first kappa shape index (κ1) is 11.4. The molecule has 1 aromatic carbocycles. The molecule has 0 atom stereocenters. The number of benzene rings is 1. The summed E-state index contributed by atoms with van der Waals surface area (Å²) in [6, 6.07) is 7.52. The van der Waals surface area contributed by atoms with Crippen LogP contribution in [0, 0.1) is 0 Å². The molecule has 0 spiro atoms. The molecule has 0 bridgehead atoms. The molecule has 0 aliphatic carbocycles. The van der Waals surface area contributed by atoms with Crippen LogP contribution in [-0.2, 0) is 0 Å². The Morgan fingerprint density at radius 3 is 2.07 bits per heavy atom. The van der Waals surface area contributed by atoms with Crippen LogP contribution in [0.25, 0.3) is 0 Å². The second-order valence-electron chi connectivity index (χ2n) is 3.71. The Hall–Kier alpha value is -0.690. The summed E-state index contributed by atoms with van der Waals surface area (Å²) in [5.41, 5.74) is -0.0617. The van der Waals surface area contributed by atoms with Gasteiger partial charge in [-0.25, -0.2) is 0 Å². The molecule has 0 unspecified atom stereocenters. The van der Waals surface area contributed by atoms with E-state index in [1.807, 2.05) is 24.3 Å². The van der Waals surface area contributed by atoms with Crippen LogP contribution in [0.3, 0.4) is 0 Å². The van der Waals surface area contributed by atoms with Gasteiger partial charge in [0.05, 0.1) is 0 Å². The van der Waals surface area contributed by atoms with Gasteiger partial charge in [0.15, 0.2) is 0 Å². The fourth-order valence-electron chi connectivity index (χ4n) is 1.18. The van der Waals surface area contributed by atoms with Gasteiger partial charge in [-0.2, -0.15) is 0 Å². The average molecular weight is 213 g/mol.